The van der Waals surface area contributed by atoms with E-state index < -0.39 is 0 Å². The molecule has 0 aliphatic heterocycles. The molecule has 0 heterocycles. The van der Waals surface area contributed by atoms with Crippen LogP contribution in [0.5, 0.6) is 0 Å². The lowest BCUT2D eigenvalue weighted by molar-refractivity contribution is -0.150. The lowest BCUT2D eigenvalue weighted by atomic mass is 10.0. The fourth-order valence-electron chi connectivity index (χ4n) is 7.08. The van der Waals surface area contributed by atoms with E-state index in [1.807, 2.05) is 0 Å². The zero-order valence-electron chi connectivity index (χ0n) is 36.0. The van der Waals surface area contributed by atoms with Crippen molar-refractivity contribution in [3.05, 3.63) is 0 Å². The third-order valence-corrected chi connectivity index (χ3v) is 11.7. The van der Waals surface area contributed by atoms with Gasteiger partial charge in [-0.05, 0) is 85.0 Å². The van der Waals surface area contributed by atoms with Crippen molar-refractivity contribution in [3.8, 4) is 0 Å². The van der Waals surface area contributed by atoms with Crippen molar-refractivity contribution in [2.24, 2.45) is 0 Å². The van der Waals surface area contributed by atoms with Gasteiger partial charge in [0.25, 0.3) is 0 Å². The number of ether oxygens (including phenoxy) is 1. The number of unbranched alkanes of at least 4 members (excludes halogenated alkanes) is 24. The molecule has 0 saturated carbocycles. The van der Waals surface area contributed by atoms with E-state index in [0.29, 0.717) is 11.5 Å². The van der Waals surface area contributed by atoms with Crippen LogP contribution in [0.4, 0.5) is 0 Å². The minimum absolute atomic E-state index is 0.0379. The zero-order valence-corrected chi connectivity index (χ0v) is 36.8. The molecule has 0 N–H and O–H groups in total. The maximum Gasteiger partial charge on any atom is 0.306 e. The van der Waals surface area contributed by atoms with Crippen molar-refractivity contribution in [3.63, 3.8) is 0 Å². The summed E-state index contributed by atoms with van der Waals surface area (Å²) in [6.07, 6.45) is 40.3. The number of likely N-dealkylation sites (N-methyl/N-ethyl adjacent to an activating group) is 1. The number of hydrogen-bond donors (Lipinski definition) is 0. The summed E-state index contributed by atoms with van der Waals surface area (Å²) >= 11 is 1.58. The first-order chi connectivity index (χ1) is 25.4. The predicted octanol–water partition coefficient (Wildman–Crippen LogP) is 14.0. The lowest BCUT2D eigenvalue weighted by Gasteiger charge is -2.24. The molecule has 0 radical (unpaired) electrons. The largest absolute Gasteiger partial charge is 0.462 e. The molecular weight excluding hydrogens is 661 g/mol. The van der Waals surface area contributed by atoms with Crippen LogP contribution in [-0.4, -0.2) is 73.0 Å². The van der Waals surface area contributed by atoms with Crippen molar-refractivity contribution in [2.45, 2.75) is 239 Å². The number of nitrogens with zero attached hydrogens (tertiary/aromatic N) is 2. The molecule has 0 unspecified atom stereocenters. The van der Waals surface area contributed by atoms with Crippen LogP contribution in [0.15, 0.2) is 0 Å². The average Bonchev–Trinajstić information content (AvgIpc) is 3.13. The molecule has 0 bridgehead atoms. The predicted molar refractivity (Wildman–Crippen MR) is 232 cm³/mol. The summed E-state index contributed by atoms with van der Waals surface area (Å²) in [4.78, 5) is 30.0. The van der Waals surface area contributed by atoms with Crippen molar-refractivity contribution >= 4 is 22.8 Å². The summed E-state index contributed by atoms with van der Waals surface area (Å²) in [6, 6.07) is 0. The quantitative estimate of drug-likeness (QED) is 0.0457. The Hall–Kier alpha value is -0.590. The van der Waals surface area contributed by atoms with Gasteiger partial charge in [-0.15, -0.1) is 0 Å². The number of thioether (sulfide) groups is 1. The second-order valence-electron chi connectivity index (χ2n) is 16.2. The molecule has 0 amide bonds. The molecule has 0 aliphatic rings. The van der Waals surface area contributed by atoms with Gasteiger partial charge < -0.3 is 14.5 Å². The number of esters is 1. The molecular formula is C46H92N2O3S. The Labute approximate surface area is 330 Å². The van der Waals surface area contributed by atoms with E-state index in [9.17, 15) is 9.59 Å². The molecule has 52 heavy (non-hydrogen) atoms. The lowest BCUT2D eigenvalue weighted by Crippen LogP contribution is -2.33. The number of carbonyl (C=O) groups is 2. The molecule has 0 aromatic rings. The molecule has 0 spiro atoms. The maximum absolute atomic E-state index is 12.8. The van der Waals surface area contributed by atoms with Gasteiger partial charge in [0, 0.05) is 31.7 Å². The van der Waals surface area contributed by atoms with Gasteiger partial charge >= 0.3 is 5.97 Å². The molecule has 0 fully saturated rings. The first-order valence-corrected chi connectivity index (χ1v) is 24.1. The molecule has 310 valence electrons. The van der Waals surface area contributed by atoms with Gasteiger partial charge in [-0.3, -0.25) is 9.59 Å². The average molecular weight is 753 g/mol. The monoisotopic (exact) mass is 753 g/mol. The highest BCUT2D eigenvalue weighted by atomic mass is 32.2. The highest BCUT2D eigenvalue weighted by Crippen LogP contribution is 2.19. The minimum Gasteiger partial charge on any atom is -0.462 e. The number of hydrogen-bond acceptors (Lipinski definition) is 6. The Morgan fingerprint density at radius 1 is 0.462 bits per heavy atom. The summed E-state index contributed by atoms with van der Waals surface area (Å²) in [5, 5.41) is 0.401. The molecule has 0 atom stereocenters. The Kier molecular flexibility index (Phi) is 41.1. The highest BCUT2D eigenvalue weighted by molar-refractivity contribution is 8.13. The van der Waals surface area contributed by atoms with Crippen LogP contribution in [-0.2, 0) is 14.3 Å². The van der Waals surface area contributed by atoms with Crippen LogP contribution in [0.1, 0.15) is 233 Å². The third-order valence-electron chi connectivity index (χ3n) is 10.6. The van der Waals surface area contributed by atoms with Crippen LogP contribution in [0.3, 0.4) is 0 Å². The van der Waals surface area contributed by atoms with Gasteiger partial charge in [0.1, 0.15) is 6.10 Å². The van der Waals surface area contributed by atoms with E-state index in [1.165, 1.54) is 161 Å². The van der Waals surface area contributed by atoms with Crippen LogP contribution >= 0.6 is 11.8 Å². The second kappa shape index (κ2) is 41.6. The maximum atomic E-state index is 12.8. The van der Waals surface area contributed by atoms with E-state index in [0.717, 1.165) is 76.9 Å². The summed E-state index contributed by atoms with van der Waals surface area (Å²) < 4.78 is 6.05. The SMILES string of the molecule is CCCCCCCCCCCSC(=O)CCCCCN(CCCCCCCC(=O)OC(CCCCCCCC)CCCCCCCC)CCN(C)C. The fraction of sp³-hybridized carbons (Fsp3) is 0.957. The topological polar surface area (TPSA) is 49.9 Å². The second-order valence-corrected chi connectivity index (χ2v) is 17.4. The Bertz CT molecular complexity index is 733. The Morgan fingerprint density at radius 2 is 0.865 bits per heavy atom. The van der Waals surface area contributed by atoms with Gasteiger partial charge in [-0.25, -0.2) is 0 Å². The van der Waals surface area contributed by atoms with E-state index in [-0.39, 0.29) is 12.1 Å². The summed E-state index contributed by atoms with van der Waals surface area (Å²) in [5.74, 6) is 1.05. The number of carbonyl (C=O) groups excluding carboxylic acids is 2. The van der Waals surface area contributed by atoms with E-state index in [2.05, 4.69) is 44.7 Å². The van der Waals surface area contributed by atoms with Crippen molar-refractivity contribution in [1.29, 1.82) is 0 Å². The summed E-state index contributed by atoms with van der Waals surface area (Å²) in [5.41, 5.74) is 0. The molecule has 0 rings (SSSR count). The van der Waals surface area contributed by atoms with Gasteiger partial charge in [-0.2, -0.15) is 0 Å². The molecule has 0 aromatic carbocycles. The van der Waals surface area contributed by atoms with Crippen LogP contribution in [0.25, 0.3) is 0 Å². The smallest absolute Gasteiger partial charge is 0.306 e. The van der Waals surface area contributed by atoms with Crippen LogP contribution < -0.4 is 0 Å². The molecule has 0 aromatic heterocycles. The minimum atomic E-state index is 0.0379. The molecule has 0 aliphatic carbocycles. The van der Waals surface area contributed by atoms with Crippen molar-refractivity contribution < 1.29 is 14.3 Å². The molecule has 0 saturated heterocycles. The normalized spacial score (nSPS) is 11.8. The van der Waals surface area contributed by atoms with Crippen LogP contribution in [0, 0.1) is 0 Å². The molecule has 6 heteroatoms. The fourth-order valence-corrected chi connectivity index (χ4v) is 7.94. The van der Waals surface area contributed by atoms with Crippen molar-refractivity contribution in [1.82, 2.24) is 9.80 Å². The summed E-state index contributed by atoms with van der Waals surface area (Å²) in [6.45, 7) is 11.3. The Morgan fingerprint density at radius 3 is 1.37 bits per heavy atom. The van der Waals surface area contributed by atoms with E-state index in [1.54, 1.807) is 11.8 Å². The third kappa shape index (κ3) is 39.1. The van der Waals surface area contributed by atoms with Crippen molar-refractivity contribution in [2.75, 3.05) is 46.0 Å². The standard InChI is InChI=1S/C46H92N2O3S/c1-6-9-12-15-18-19-20-26-34-43-52-46(50)38-31-27-33-40-48(42-41-47(4)5)39-32-25-21-24-30-37-45(49)51-44(35-28-22-16-13-10-7-2)36-29-23-17-14-11-8-3/h44H,6-43H2,1-5H3. The summed E-state index contributed by atoms with van der Waals surface area (Å²) in [7, 11) is 4.32. The first kappa shape index (κ1) is 51.4. The number of rotatable bonds is 42. The Balaban J connectivity index is 4.12. The van der Waals surface area contributed by atoms with Crippen LogP contribution in [0.2, 0.25) is 0 Å². The molecule has 5 nitrogen and oxygen atoms in total. The van der Waals surface area contributed by atoms with E-state index >= 15 is 0 Å². The van der Waals surface area contributed by atoms with Gasteiger partial charge in [0.2, 0.25) is 0 Å². The first-order valence-electron chi connectivity index (χ1n) is 23.1. The van der Waals surface area contributed by atoms with Gasteiger partial charge in [-0.1, -0.05) is 174 Å². The van der Waals surface area contributed by atoms with Gasteiger partial charge in [0.15, 0.2) is 5.12 Å². The van der Waals surface area contributed by atoms with Gasteiger partial charge in [0.05, 0.1) is 0 Å². The van der Waals surface area contributed by atoms with E-state index in [4.69, 9.17) is 4.74 Å². The highest BCUT2D eigenvalue weighted by Gasteiger charge is 2.14. The zero-order chi connectivity index (χ0) is 38.2.